The Kier molecular flexibility index (Phi) is 4.67. The molecule has 6 heteroatoms. The van der Waals surface area contributed by atoms with Gasteiger partial charge in [0.15, 0.2) is 0 Å². The Labute approximate surface area is 120 Å². The average Bonchev–Trinajstić information content (AvgIpc) is 2.46. The van der Waals surface area contributed by atoms with Gasteiger partial charge in [0.05, 0.1) is 12.4 Å². The Morgan fingerprint density at radius 2 is 1.70 bits per heavy atom. The Morgan fingerprint density at radius 3 is 2.15 bits per heavy atom. The van der Waals surface area contributed by atoms with Crippen LogP contribution in [0.3, 0.4) is 0 Å². The predicted molar refractivity (Wildman–Crippen MR) is 80.3 cm³/mol. The van der Waals surface area contributed by atoms with Crippen LogP contribution >= 0.6 is 0 Å². The van der Waals surface area contributed by atoms with Gasteiger partial charge >= 0.3 is 0 Å². The van der Waals surface area contributed by atoms with E-state index < -0.39 is 16.1 Å². The van der Waals surface area contributed by atoms with E-state index in [0.717, 1.165) is 11.3 Å². The molecule has 0 radical (unpaired) electrons. The van der Waals surface area contributed by atoms with Crippen LogP contribution in [-0.4, -0.2) is 50.3 Å². The summed E-state index contributed by atoms with van der Waals surface area (Å²) in [5.41, 5.74) is 2.00. The van der Waals surface area contributed by atoms with Gasteiger partial charge in [0.2, 0.25) is 10.0 Å². The van der Waals surface area contributed by atoms with E-state index in [1.165, 1.54) is 10.6 Å². The Balaban J connectivity index is 2.00. The molecular weight excluding hydrogens is 276 g/mol. The third kappa shape index (κ3) is 3.50. The molecule has 0 aliphatic carbocycles. The quantitative estimate of drug-likeness (QED) is 0.908. The van der Waals surface area contributed by atoms with E-state index in [-0.39, 0.29) is 0 Å². The summed E-state index contributed by atoms with van der Waals surface area (Å²) < 4.78 is 24.4. The smallest absolute Gasteiger partial charge is 0.211 e. The Morgan fingerprint density at radius 1 is 1.15 bits per heavy atom. The molecule has 0 aromatic heterocycles. The first-order chi connectivity index (χ1) is 9.41. The van der Waals surface area contributed by atoms with Gasteiger partial charge < -0.3 is 10.0 Å². The Hall–Kier alpha value is -1.11. The van der Waals surface area contributed by atoms with E-state index in [0.29, 0.717) is 32.6 Å². The topological polar surface area (TPSA) is 60.9 Å². The summed E-state index contributed by atoms with van der Waals surface area (Å²) in [7, 11) is -3.08. The van der Waals surface area contributed by atoms with Crippen LogP contribution < -0.4 is 4.90 Å². The van der Waals surface area contributed by atoms with Crippen molar-refractivity contribution in [1.82, 2.24) is 4.31 Å². The molecule has 1 N–H and O–H groups in total. The maximum atomic E-state index is 11.5. The molecule has 1 saturated heterocycles. The first kappa shape index (κ1) is 15.3. The normalized spacial score (nSPS) is 19.1. The number of rotatable bonds is 4. The molecule has 0 amide bonds. The lowest BCUT2D eigenvalue weighted by Crippen LogP contribution is -2.48. The summed E-state index contributed by atoms with van der Waals surface area (Å²) in [6, 6.07) is 7.85. The number of aliphatic hydroxyl groups is 1. The van der Waals surface area contributed by atoms with E-state index in [4.69, 9.17) is 0 Å². The minimum atomic E-state index is -3.08. The number of nitrogens with zero attached hydrogens (tertiary/aromatic N) is 2. The van der Waals surface area contributed by atoms with E-state index in [2.05, 4.69) is 4.90 Å². The highest BCUT2D eigenvalue weighted by atomic mass is 32.2. The van der Waals surface area contributed by atoms with Crippen molar-refractivity contribution in [2.45, 2.75) is 19.4 Å². The van der Waals surface area contributed by atoms with Crippen molar-refractivity contribution < 1.29 is 13.5 Å². The lowest BCUT2D eigenvalue weighted by molar-refractivity contribution is 0.173. The second kappa shape index (κ2) is 6.11. The van der Waals surface area contributed by atoms with Gasteiger partial charge in [0.1, 0.15) is 0 Å². The van der Waals surface area contributed by atoms with Crippen LogP contribution in [-0.2, 0) is 10.0 Å². The van der Waals surface area contributed by atoms with E-state index in [1.807, 2.05) is 31.2 Å². The molecule has 1 heterocycles. The van der Waals surface area contributed by atoms with Gasteiger partial charge in [0, 0.05) is 31.9 Å². The first-order valence-electron chi connectivity index (χ1n) is 6.90. The largest absolute Gasteiger partial charge is 0.388 e. The van der Waals surface area contributed by atoms with Gasteiger partial charge in [0.25, 0.3) is 0 Å². The first-order valence-corrected chi connectivity index (χ1v) is 8.74. The number of hydrogen-bond acceptors (Lipinski definition) is 4. The molecule has 1 fully saturated rings. The summed E-state index contributed by atoms with van der Waals surface area (Å²) in [4.78, 5) is 2.17. The van der Waals surface area contributed by atoms with E-state index in [1.54, 1.807) is 0 Å². The molecule has 0 saturated carbocycles. The van der Waals surface area contributed by atoms with Crippen molar-refractivity contribution in [3.63, 3.8) is 0 Å². The minimum absolute atomic E-state index is 0.411. The van der Waals surface area contributed by atoms with Gasteiger partial charge in [-0.25, -0.2) is 8.42 Å². The Bertz CT molecular complexity index is 534. The van der Waals surface area contributed by atoms with Gasteiger partial charge in [-0.15, -0.1) is 0 Å². The third-order valence-electron chi connectivity index (χ3n) is 3.74. The lowest BCUT2D eigenvalue weighted by atomic mass is 10.1. The fourth-order valence-corrected chi connectivity index (χ4v) is 3.25. The zero-order chi connectivity index (χ0) is 14.8. The lowest BCUT2D eigenvalue weighted by Gasteiger charge is -2.34. The van der Waals surface area contributed by atoms with Gasteiger partial charge in [-0.05, 0) is 24.1 Å². The minimum Gasteiger partial charge on any atom is -0.388 e. The molecule has 5 nitrogen and oxygen atoms in total. The molecular formula is C14H22N2O3S. The van der Waals surface area contributed by atoms with Crippen LogP contribution in [0.4, 0.5) is 5.69 Å². The second-order valence-corrected chi connectivity index (χ2v) is 7.15. The van der Waals surface area contributed by atoms with Crippen molar-refractivity contribution in [3.8, 4) is 0 Å². The molecule has 1 aromatic carbocycles. The second-order valence-electron chi connectivity index (χ2n) is 5.16. The van der Waals surface area contributed by atoms with Crippen molar-refractivity contribution >= 4 is 15.7 Å². The molecule has 2 rings (SSSR count). The molecule has 0 spiro atoms. The monoisotopic (exact) mass is 298 g/mol. The van der Waals surface area contributed by atoms with Gasteiger partial charge in [-0.2, -0.15) is 4.31 Å². The summed E-state index contributed by atoms with van der Waals surface area (Å²) in [5.74, 6) is 0. The van der Waals surface area contributed by atoms with Crippen molar-refractivity contribution in [2.75, 3.05) is 37.3 Å². The number of aliphatic hydroxyl groups excluding tert-OH is 1. The average molecular weight is 298 g/mol. The maximum absolute atomic E-state index is 11.5. The highest BCUT2D eigenvalue weighted by molar-refractivity contribution is 7.88. The van der Waals surface area contributed by atoms with Crippen LogP contribution in [0, 0.1) is 0 Å². The summed E-state index contributed by atoms with van der Waals surface area (Å²) >= 11 is 0. The molecule has 1 aliphatic rings. The van der Waals surface area contributed by atoms with Crippen LogP contribution in [0.1, 0.15) is 25.0 Å². The number of benzene rings is 1. The van der Waals surface area contributed by atoms with Crippen LogP contribution in [0.25, 0.3) is 0 Å². The molecule has 1 aromatic rings. The number of sulfonamides is 1. The zero-order valence-electron chi connectivity index (χ0n) is 12.0. The molecule has 0 bridgehead atoms. The van der Waals surface area contributed by atoms with E-state index >= 15 is 0 Å². The fourth-order valence-electron chi connectivity index (χ4n) is 2.42. The highest BCUT2D eigenvalue weighted by Crippen LogP contribution is 2.22. The maximum Gasteiger partial charge on any atom is 0.211 e. The van der Waals surface area contributed by atoms with Gasteiger partial charge in [-0.3, -0.25) is 0 Å². The number of piperazine rings is 1. The SMILES string of the molecule is CC[C@H](O)c1ccc(N2CCN(S(C)(=O)=O)CC2)cc1. The fraction of sp³-hybridized carbons (Fsp3) is 0.571. The number of anilines is 1. The predicted octanol–water partition coefficient (Wildman–Crippen LogP) is 1.21. The molecule has 0 unspecified atom stereocenters. The molecule has 1 atom stereocenters. The van der Waals surface area contributed by atoms with Crippen molar-refractivity contribution in [3.05, 3.63) is 29.8 Å². The highest BCUT2D eigenvalue weighted by Gasteiger charge is 2.23. The molecule has 1 aliphatic heterocycles. The summed E-state index contributed by atoms with van der Waals surface area (Å²) in [6.07, 6.45) is 1.54. The van der Waals surface area contributed by atoms with E-state index in [9.17, 15) is 13.5 Å². The number of hydrogen-bond donors (Lipinski definition) is 1. The standard InChI is InChI=1S/C14H22N2O3S/c1-3-14(17)12-4-6-13(7-5-12)15-8-10-16(11-9-15)20(2,18)19/h4-7,14,17H,3,8-11H2,1-2H3/t14-/m0/s1. The summed E-state index contributed by atoms with van der Waals surface area (Å²) in [6.45, 7) is 4.39. The molecule has 20 heavy (non-hydrogen) atoms. The van der Waals surface area contributed by atoms with Crippen molar-refractivity contribution in [2.24, 2.45) is 0 Å². The van der Waals surface area contributed by atoms with Crippen LogP contribution in [0.2, 0.25) is 0 Å². The third-order valence-corrected chi connectivity index (χ3v) is 5.04. The summed E-state index contributed by atoms with van der Waals surface area (Å²) in [5, 5.41) is 9.77. The van der Waals surface area contributed by atoms with Crippen molar-refractivity contribution in [1.29, 1.82) is 0 Å². The van der Waals surface area contributed by atoms with Crippen LogP contribution in [0.15, 0.2) is 24.3 Å². The van der Waals surface area contributed by atoms with Crippen LogP contribution in [0.5, 0.6) is 0 Å². The van der Waals surface area contributed by atoms with Gasteiger partial charge in [-0.1, -0.05) is 19.1 Å². The zero-order valence-corrected chi connectivity index (χ0v) is 12.8. The molecule has 112 valence electrons.